The third-order valence-electron chi connectivity index (χ3n) is 3.08. The predicted molar refractivity (Wildman–Crippen MR) is 72.9 cm³/mol. The van der Waals surface area contributed by atoms with E-state index in [1.807, 2.05) is 0 Å². The van der Waals surface area contributed by atoms with Gasteiger partial charge < -0.3 is 10.1 Å². The number of nitrogens with one attached hydrogen (secondary N) is 1. The van der Waals surface area contributed by atoms with Crippen molar-refractivity contribution in [2.45, 2.75) is 31.8 Å². The van der Waals surface area contributed by atoms with Crippen LogP contribution in [0.2, 0.25) is 0 Å². The maximum atomic E-state index is 5.71. The van der Waals surface area contributed by atoms with Gasteiger partial charge in [0.15, 0.2) is 0 Å². The zero-order chi connectivity index (χ0) is 11.9. The van der Waals surface area contributed by atoms with Gasteiger partial charge in [0, 0.05) is 24.7 Å². The number of hydrogen-bond acceptors (Lipinski definition) is 2. The molecule has 2 nitrogen and oxygen atoms in total. The van der Waals surface area contributed by atoms with Gasteiger partial charge >= 0.3 is 0 Å². The number of rotatable bonds is 6. The van der Waals surface area contributed by atoms with Crippen molar-refractivity contribution in [2.24, 2.45) is 0 Å². The summed E-state index contributed by atoms with van der Waals surface area (Å²) in [6.07, 6.45) is 4.86. The predicted octanol–water partition coefficient (Wildman–Crippen LogP) is 3.45. The van der Waals surface area contributed by atoms with E-state index in [0.29, 0.717) is 6.10 Å². The molecule has 0 aliphatic carbocycles. The Kier molecular flexibility index (Phi) is 5.14. The molecule has 1 unspecified atom stereocenters. The molecule has 94 valence electrons. The first kappa shape index (κ1) is 12.7. The number of hydrogen-bond donors (Lipinski definition) is 1. The fourth-order valence-corrected chi connectivity index (χ4v) is 2.28. The average Bonchev–Trinajstić information content (AvgIpc) is 2.87. The van der Waals surface area contributed by atoms with Crippen LogP contribution in [0.25, 0.3) is 0 Å². The van der Waals surface area contributed by atoms with Gasteiger partial charge in [0.25, 0.3) is 0 Å². The number of halogens is 1. The van der Waals surface area contributed by atoms with Crippen molar-refractivity contribution in [3.8, 4) is 0 Å². The van der Waals surface area contributed by atoms with Crippen LogP contribution in [0.15, 0.2) is 24.3 Å². The van der Waals surface area contributed by atoms with Gasteiger partial charge in [-0.3, -0.25) is 0 Å². The van der Waals surface area contributed by atoms with Gasteiger partial charge in [-0.25, -0.2) is 0 Å². The van der Waals surface area contributed by atoms with Crippen LogP contribution in [0.5, 0.6) is 0 Å². The lowest BCUT2D eigenvalue weighted by atomic mass is 10.1. The third-order valence-corrected chi connectivity index (χ3v) is 3.35. The maximum Gasteiger partial charge on any atom is 0.0748 e. The van der Waals surface area contributed by atoms with Crippen LogP contribution >= 0.6 is 11.6 Å². The monoisotopic (exact) mass is 253 g/mol. The molecule has 0 aromatic heterocycles. The first-order valence-electron chi connectivity index (χ1n) is 6.39. The molecule has 0 spiro atoms. The first-order valence-corrected chi connectivity index (χ1v) is 6.92. The molecule has 1 aliphatic heterocycles. The highest BCUT2D eigenvalue weighted by molar-refractivity contribution is 6.17. The van der Waals surface area contributed by atoms with Gasteiger partial charge in [0.05, 0.1) is 6.10 Å². The van der Waals surface area contributed by atoms with Crippen molar-refractivity contribution in [1.82, 2.24) is 0 Å². The van der Waals surface area contributed by atoms with Crippen molar-refractivity contribution < 1.29 is 4.74 Å². The summed E-state index contributed by atoms with van der Waals surface area (Å²) < 4.78 is 5.59. The summed E-state index contributed by atoms with van der Waals surface area (Å²) in [6, 6.07) is 8.58. The van der Waals surface area contributed by atoms with Crippen LogP contribution in [0.4, 0.5) is 5.69 Å². The Bertz CT molecular complexity index is 337. The molecule has 1 aliphatic rings. The zero-order valence-corrected chi connectivity index (χ0v) is 10.9. The molecule has 0 amide bonds. The van der Waals surface area contributed by atoms with E-state index in [9.17, 15) is 0 Å². The van der Waals surface area contributed by atoms with Crippen LogP contribution in [0.1, 0.15) is 24.8 Å². The van der Waals surface area contributed by atoms with E-state index in [1.54, 1.807) is 0 Å². The van der Waals surface area contributed by atoms with E-state index < -0.39 is 0 Å². The highest BCUT2D eigenvalue weighted by atomic mass is 35.5. The largest absolute Gasteiger partial charge is 0.382 e. The lowest BCUT2D eigenvalue weighted by Gasteiger charge is -2.12. The summed E-state index contributed by atoms with van der Waals surface area (Å²) in [5.41, 5.74) is 2.54. The van der Waals surface area contributed by atoms with Crippen molar-refractivity contribution in [2.75, 3.05) is 24.3 Å². The quantitative estimate of drug-likeness (QED) is 0.784. The second kappa shape index (κ2) is 6.87. The SMILES string of the molecule is ClCCCc1cccc(NCC2CCCO2)c1. The van der Waals surface area contributed by atoms with Crippen LogP contribution in [-0.2, 0) is 11.2 Å². The first-order chi connectivity index (χ1) is 8.38. The molecule has 3 heteroatoms. The van der Waals surface area contributed by atoms with E-state index in [1.165, 1.54) is 24.1 Å². The standard InChI is InChI=1S/C14H20ClNO/c15-8-2-5-12-4-1-6-13(10-12)16-11-14-7-3-9-17-14/h1,4,6,10,14,16H,2-3,5,7-9,11H2. The Morgan fingerprint density at radius 2 is 2.35 bits per heavy atom. The minimum absolute atomic E-state index is 0.390. The van der Waals surface area contributed by atoms with Crippen molar-refractivity contribution in [3.05, 3.63) is 29.8 Å². The molecular formula is C14H20ClNO. The molecule has 1 heterocycles. The lowest BCUT2D eigenvalue weighted by Crippen LogP contribution is -2.18. The van der Waals surface area contributed by atoms with Crippen molar-refractivity contribution >= 4 is 17.3 Å². The second-order valence-electron chi connectivity index (χ2n) is 4.51. The highest BCUT2D eigenvalue weighted by Gasteiger charge is 2.14. The molecule has 1 aromatic carbocycles. The third kappa shape index (κ3) is 4.21. The molecule has 1 N–H and O–H groups in total. The Morgan fingerprint density at radius 3 is 3.12 bits per heavy atom. The summed E-state index contributed by atoms with van der Waals surface area (Å²) >= 11 is 5.71. The molecule has 1 fully saturated rings. The number of aryl methyl sites for hydroxylation is 1. The molecule has 1 aromatic rings. The molecular weight excluding hydrogens is 234 g/mol. The van der Waals surface area contributed by atoms with Gasteiger partial charge in [0.1, 0.15) is 0 Å². The molecule has 0 saturated carbocycles. The van der Waals surface area contributed by atoms with Crippen LogP contribution < -0.4 is 5.32 Å². The van der Waals surface area contributed by atoms with Gasteiger partial charge in [-0.2, -0.15) is 0 Å². The minimum Gasteiger partial charge on any atom is -0.382 e. The summed E-state index contributed by atoms with van der Waals surface area (Å²) in [4.78, 5) is 0. The zero-order valence-electron chi connectivity index (χ0n) is 10.1. The van der Waals surface area contributed by atoms with E-state index in [-0.39, 0.29) is 0 Å². The van der Waals surface area contributed by atoms with Crippen LogP contribution in [-0.4, -0.2) is 25.1 Å². The van der Waals surface area contributed by atoms with Crippen LogP contribution in [0, 0.1) is 0 Å². The average molecular weight is 254 g/mol. The number of alkyl halides is 1. The van der Waals surface area contributed by atoms with Crippen LogP contribution in [0.3, 0.4) is 0 Å². The summed E-state index contributed by atoms with van der Waals surface area (Å²) in [7, 11) is 0. The Hall–Kier alpha value is -0.730. The molecule has 0 bridgehead atoms. The Balaban J connectivity index is 1.82. The van der Waals surface area contributed by atoms with Gasteiger partial charge in [-0.15, -0.1) is 11.6 Å². The maximum absolute atomic E-state index is 5.71. The number of anilines is 1. The van der Waals surface area contributed by atoms with E-state index in [4.69, 9.17) is 16.3 Å². The van der Waals surface area contributed by atoms with E-state index in [2.05, 4.69) is 29.6 Å². The highest BCUT2D eigenvalue weighted by Crippen LogP contribution is 2.16. The smallest absolute Gasteiger partial charge is 0.0748 e. The topological polar surface area (TPSA) is 21.3 Å². The van der Waals surface area contributed by atoms with Gasteiger partial charge in [-0.1, -0.05) is 12.1 Å². The fraction of sp³-hybridized carbons (Fsp3) is 0.571. The Labute approximate surface area is 108 Å². The molecule has 1 atom stereocenters. The Morgan fingerprint density at radius 1 is 1.41 bits per heavy atom. The summed E-state index contributed by atoms with van der Waals surface area (Å²) in [5.74, 6) is 0.730. The molecule has 0 radical (unpaired) electrons. The summed E-state index contributed by atoms with van der Waals surface area (Å²) in [6.45, 7) is 1.83. The van der Waals surface area contributed by atoms with Crippen molar-refractivity contribution in [1.29, 1.82) is 0 Å². The number of benzene rings is 1. The van der Waals surface area contributed by atoms with E-state index in [0.717, 1.165) is 31.9 Å². The van der Waals surface area contributed by atoms with E-state index >= 15 is 0 Å². The lowest BCUT2D eigenvalue weighted by molar-refractivity contribution is 0.120. The summed E-state index contributed by atoms with van der Waals surface area (Å²) in [5, 5.41) is 3.45. The molecule has 1 saturated heterocycles. The molecule has 17 heavy (non-hydrogen) atoms. The fourth-order valence-electron chi connectivity index (χ4n) is 2.14. The minimum atomic E-state index is 0.390. The normalized spacial score (nSPS) is 19.5. The van der Waals surface area contributed by atoms with Crippen molar-refractivity contribution in [3.63, 3.8) is 0 Å². The van der Waals surface area contributed by atoms with Gasteiger partial charge in [-0.05, 0) is 43.4 Å². The number of ether oxygens (including phenoxy) is 1. The second-order valence-corrected chi connectivity index (χ2v) is 4.89. The van der Waals surface area contributed by atoms with Gasteiger partial charge in [0.2, 0.25) is 0 Å². The molecule has 2 rings (SSSR count).